The molecule has 0 radical (unpaired) electrons. The van der Waals surface area contributed by atoms with Gasteiger partial charge in [-0.1, -0.05) is 5.16 Å². The standard InChI is InChI=1S/C19H19N7O11S2/c1-21-17(29)15-14(18(30)25(15)39(33,34)35)23-16(28)13(11-8-38-19(20)22-11)24-37-7-12(27)36-6-9-2-4-10(5-3-9)26(31)32/h2-5,8,14-15H,6-7H2,1H3,(H2,20,22)(H,21,29)(H,23,28)(H,33,34,35)/b24-13-/t14-,15-/m1/s1. The first-order valence-corrected chi connectivity index (χ1v) is 12.7. The SMILES string of the molecule is CNC(=O)[C@H]1[C@@H](NC(=O)/C(=N\OCC(=O)OCc2ccc([N+](=O)[O-])cc2)c2csc(N)n2)C(=O)N1S(=O)(=O)O. The van der Waals surface area contributed by atoms with Crippen molar-refractivity contribution in [3.05, 3.63) is 51.0 Å². The molecule has 18 nitrogen and oxygen atoms in total. The van der Waals surface area contributed by atoms with Crippen molar-refractivity contribution in [3.63, 3.8) is 0 Å². The van der Waals surface area contributed by atoms with Gasteiger partial charge in [-0.3, -0.25) is 29.1 Å². The number of anilines is 1. The average Bonchev–Trinajstić information content (AvgIpc) is 3.31. The topological polar surface area (TPSA) is 263 Å². The number of nitrogens with zero attached hydrogens (tertiary/aromatic N) is 4. The molecule has 3 rings (SSSR count). The number of rotatable bonds is 11. The lowest BCUT2D eigenvalue weighted by molar-refractivity contribution is -0.384. The zero-order valence-electron chi connectivity index (χ0n) is 19.7. The van der Waals surface area contributed by atoms with Crippen molar-refractivity contribution >= 4 is 61.9 Å². The number of nitrogens with two attached hydrogens (primary N) is 1. The molecule has 3 amide bonds. The molecule has 0 aliphatic carbocycles. The number of hydrogen-bond acceptors (Lipinski definition) is 14. The number of oxime groups is 1. The summed E-state index contributed by atoms with van der Waals surface area (Å²) in [4.78, 5) is 68.1. The molecule has 1 saturated heterocycles. The van der Waals surface area contributed by atoms with Gasteiger partial charge in [-0.2, -0.15) is 12.7 Å². The summed E-state index contributed by atoms with van der Waals surface area (Å²) in [6.45, 7) is -1.03. The van der Waals surface area contributed by atoms with Crippen molar-refractivity contribution in [1.29, 1.82) is 0 Å². The summed E-state index contributed by atoms with van der Waals surface area (Å²) in [7, 11) is -3.96. The molecule has 0 unspecified atom stereocenters. The fourth-order valence-corrected chi connectivity index (χ4v) is 4.54. The first-order chi connectivity index (χ1) is 18.3. The molecule has 0 spiro atoms. The van der Waals surface area contributed by atoms with E-state index in [9.17, 15) is 42.3 Å². The van der Waals surface area contributed by atoms with Crippen LogP contribution in [0.25, 0.3) is 0 Å². The number of amides is 3. The second kappa shape index (κ2) is 11.8. The number of β-lactam (4-membered cyclic amide) rings is 1. The largest absolute Gasteiger partial charge is 0.458 e. The van der Waals surface area contributed by atoms with Crippen molar-refractivity contribution in [2.24, 2.45) is 5.16 Å². The molecule has 2 aromatic rings. The maximum atomic E-state index is 12.9. The van der Waals surface area contributed by atoms with Crippen molar-refractivity contribution in [2.45, 2.75) is 18.7 Å². The first-order valence-electron chi connectivity index (χ1n) is 10.5. The Balaban J connectivity index is 1.68. The molecule has 5 N–H and O–H groups in total. The Hall–Kier alpha value is -4.69. The smallest absolute Gasteiger partial charge is 0.363 e. The van der Waals surface area contributed by atoms with E-state index < -0.39 is 63.3 Å². The van der Waals surface area contributed by atoms with E-state index in [-0.39, 0.29) is 27.4 Å². The average molecular weight is 586 g/mol. The van der Waals surface area contributed by atoms with Crippen LogP contribution in [0.15, 0.2) is 34.8 Å². The summed E-state index contributed by atoms with van der Waals surface area (Å²) in [5.41, 5.74) is 5.17. The third kappa shape index (κ3) is 6.80. The van der Waals surface area contributed by atoms with Crippen LogP contribution in [0.5, 0.6) is 0 Å². The number of hydrogen-bond donors (Lipinski definition) is 4. The van der Waals surface area contributed by atoms with Crippen LogP contribution in [0.3, 0.4) is 0 Å². The zero-order chi connectivity index (χ0) is 28.9. The first kappa shape index (κ1) is 28.9. The van der Waals surface area contributed by atoms with E-state index in [0.717, 1.165) is 18.4 Å². The van der Waals surface area contributed by atoms with Crippen LogP contribution in [0.2, 0.25) is 0 Å². The Morgan fingerprint density at radius 1 is 1.31 bits per heavy atom. The number of carbonyl (C=O) groups excluding carboxylic acids is 4. The molecule has 0 bridgehead atoms. The third-order valence-corrected chi connectivity index (χ3v) is 6.54. The van der Waals surface area contributed by atoms with Gasteiger partial charge in [-0.05, 0) is 17.7 Å². The zero-order valence-corrected chi connectivity index (χ0v) is 21.3. The molecule has 0 saturated carbocycles. The van der Waals surface area contributed by atoms with E-state index in [1.54, 1.807) is 0 Å². The summed E-state index contributed by atoms with van der Waals surface area (Å²) in [5, 5.41) is 19.8. The van der Waals surface area contributed by atoms with Crippen LogP contribution in [-0.4, -0.2) is 82.3 Å². The van der Waals surface area contributed by atoms with E-state index >= 15 is 0 Å². The molecule has 2 atom stereocenters. The number of esters is 1. The Labute approximate surface area is 222 Å². The monoisotopic (exact) mass is 585 g/mol. The molecule has 1 fully saturated rings. The van der Waals surface area contributed by atoms with Gasteiger partial charge in [0.1, 0.15) is 18.3 Å². The third-order valence-electron chi connectivity index (χ3n) is 4.97. The van der Waals surface area contributed by atoms with Gasteiger partial charge in [-0.15, -0.1) is 11.3 Å². The Morgan fingerprint density at radius 3 is 2.51 bits per heavy atom. The van der Waals surface area contributed by atoms with Gasteiger partial charge in [0.25, 0.3) is 17.5 Å². The minimum Gasteiger partial charge on any atom is -0.458 e. The Kier molecular flexibility index (Phi) is 8.73. The van der Waals surface area contributed by atoms with Crippen LogP contribution in [0.1, 0.15) is 11.3 Å². The maximum Gasteiger partial charge on any atom is 0.363 e. The highest BCUT2D eigenvalue weighted by molar-refractivity contribution is 7.84. The summed E-state index contributed by atoms with van der Waals surface area (Å²) in [6.07, 6.45) is 0. The van der Waals surface area contributed by atoms with E-state index in [0.29, 0.717) is 5.56 Å². The predicted molar refractivity (Wildman–Crippen MR) is 130 cm³/mol. The van der Waals surface area contributed by atoms with Crippen molar-refractivity contribution in [1.82, 2.24) is 19.9 Å². The van der Waals surface area contributed by atoms with Gasteiger partial charge in [0.2, 0.25) is 12.5 Å². The Bertz CT molecular complexity index is 1440. The summed E-state index contributed by atoms with van der Waals surface area (Å²) in [5.74, 6) is -4.37. The van der Waals surface area contributed by atoms with Gasteiger partial charge in [0, 0.05) is 24.6 Å². The molecule has 39 heavy (non-hydrogen) atoms. The summed E-state index contributed by atoms with van der Waals surface area (Å²) >= 11 is 0.915. The van der Waals surface area contributed by atoms with Crippen molar-refractivity contribution in [2.75, 3.05) is 19.4 Å². The fourth-order valence-electron chi connectivity index (χ4n) is 3.15. The van der Waals surface area contributed by atoms with Crippen LogP contribution >= 0.6 is 11.3 Å². The molecule has 20 heteroatoms. The number of nitrogens with one attached hydrogen (secondary N) is 2. The number of likely N-dealkylation sites (N-methyl/N-ethyl adjacent to an activating group) is 1. The number of nitro benzene ring substituents is 1. The number of benzene rings is 1. The van der Waals surface area contributed by atoms with Crippen LogP contribution < -0.4 is 16.4 Å². The van der Waals surface area contributed by atoms with Gasteiger partial charge in [0.05, 0.1) is 4.92 Å². The molecular formula is C19H19N7O11S2. The molecule has 2 heterocycles. The molecule has 1 aromatic carbocycles. The fraction of sp³-hybridized carbons (Fsp3) is 0.263. The Morgan fingerprint density at radius 2 is 1.97 bits per heavy atom. The molecule has 208 valence electrons. The van der Waals surface area contributed by atoms with Gasteiger partial charge in [-0.25, -0.2) is 9.78 Å². The van der Waals surface area contributed by atoms with Gasteiger partial charge < -0.3 is 25.9 Å². The van der Waals surface area contributed by atoms with E-state index in [1.807, 2.05) is 0 Å². The number of carbonyl (C=O) groups is 4. The molecule has 1 aliphatic heterocycles. The molecule has 1 aliphatic rings. The number of aromatic nitrogens is 1. The van der Waals surface area contributed by atoms with Crippen LogP contribution in [-0.2, 0) is 45.7 Å². The molecular weight excluding hydrogens is 566 g/mol. The second-order valence-electron chi connectivity index (χ2n) is 7.49. The number of nitro groups is 1. The summed E-state index contributed by atoms with van der Waals surface area (Å²) in [6, 6.07) is 1.73. The number of nitrogen functional groups attached to an aromatic ring is 1. The predicted octanol–water partition coefficient (Wildman–Crippen LogP) is -1.66. The highest BCUT2D eigenvalue weighted by Crippen LogP contribution is 2.24. The minimum absolute atomic E-state index is 0.0218. The summed E-state index contributed by atoms with van der Waals surface area (Å²) < 4.78 is 37.0. The lowest BCUT2D eigenvalue weighted by Crippen LogP contribution is -2.75. The second-order valence-corrected chi connectivity index (χ2v) is 9.67. The molecule has 1 aromatic heterocycles. The highest BCUT2D eigenvalue weighted by Gasteiger charge is 2.57. The van der Waals surface area contributed by atoms with E-state index in [2.05, 4.69) is 20.8 Å². The van der Waals surface area contributed by atoms with Gasteiger partial charge >= 0.3 is 16.3 Å². The van der Waals surface area contributed by atoms with E-state index in [1.165, 1.54) is 29.6 Å². The lowest BCUT2D eigenvalue weighted by Gasteiger charge is -2.42. The van der Waals surface area contributed by atoms with Crippen LogP contribution in [0, 0.1) is 10.1 Å². The van der Waals surface area contributed by atoms with Gasteiger partial charge in [0.15, 0.2) is 16.9 Å². The van der Waals surface area contributed by atoms with Crippen molar-refractivity contribution in [3.8, 4) is 0 Å². The van der Waals surface area contributed by atoms with Crippen LogP contribution in [0.4, 0.5) is 10.8 Å². The minimum atomic E-state index is -5.10. The number of non-ortho nitro benzene ring substituents is 1. The number of thiazole rings is 1. The lowest BCUT2D eigenvalue weighted by atomic mass is 9.97. The normalized spacial score (nSPS) is 17.1. The number of ether oxygens (including phenoxy) is 1. The van der Waals surface area contributed by atoms with Crippen molar-refractivity contribution < 1.29 is 46.6 Å². The maximum absolute atomic E-state index is 12.9. The highest BCUT2D eigenvalue weighted by atomic mass is 32.2. The quantitative estimate of drug-likeness (QED) is 0.0575. The van der Waals surface area contributed by atoms with E-state index in [4.69, 9.17) is 15.3 Å².